The number of rotatable bonds is 8. The number of aliphatic hydroxyl groups is 1. The van der Waals surface area contributed by atoms with E-state index in [2.05, 4.69) is 4.98 Å². The molecule has 0 radical (unpaired) electrons. The van der Waals surface area contributed by atoms with Crippen molar-refractivity contribution in [3.8, 4) is 0 Å². The molecule has 0 saturated carbocycles. The van der Waals surface area contributed by atoms with Gasteiger partial charge in [-0.05, 0) is 32.8 Å². The zero-order chi connectivity index (χ0) is 21.7. The summed E-state index contributed by atoms with van der Waals surface area (Å²) in [6.45, 7) is 3.61. The van der Waals surface area contributed by atoms with Crippen LogP contribution in [0.25, 0.3) is 10.9 Å². The molecular weight excluding hydrogens is 390 g/mol. The third-order valence-electron chi connectivity index (χ3n) is 5.09. The molecular formula is C22H27NO7. The van der Waals surface area contributed by atoms with Crippen molar-refractivity contribution in [2.45, 2.75) is 63.8 Å². The summed E-state index contributed by atoms with van der Waals surface area (Å²) < 4.78 is 17.1. The molecule has 5 atom stereocenters. The highest BCUT2D eigenvalue weighted by molar-refractivity contribution is 6.04. The number of aromatic nitrogens is 1. The highest BCUT2D eigenvalue weighted by Crippen LogP contribution is 2.27. The zero-order valence-corrected chi connectivity index (χ0v) is 17.0. The van der Waals surface area contributed by atoms with Crippen LogP contribution in [0, 0.1) is 0 Å². The predicted molar refractivity (Wildman–Crippen MR) is 109 cm³/mol. The number of hydrogen-bond donors (Lipinski definition) is 3. The van der Waals surface area contributed by atoms with Crippen LogP contribution in [0.4, 0.5) is 0 Å². The van der Waals surface area contributed by atoms with Gasteiger partial charge in [0.25, 0.3) is 0 Å². The van der Waals surface area contributed by atoms with E-state index in [0.29, 0.717) is 18.4 Å². The van der Waals surface area contributed by atoms with Crippen LogP contribution in [0.1, 0.15) is 43.5 Å². The topological polar surface area (TPSA) is 118 Å². The average molecular weight is 417 g/mol. The van der Waals surface area contributed by atoms with Crippen molar-refractivity contribution in [1.82, 2.24) is 4.98 Å². The maximum Gasteiger partial charge on any atom is 0.340 e. The number of carbonyl (C=O) groups is 2. The number of carboxylic acid groups (broad SMARTS) is 1. The number of carboxylic acids is 1. The fraction of sp³-hybridized carbons (Fsp3) is 0.455. The predicted octanol–water partition coefficient (Wildman–Crippen LogP) is 3.02. The van der Waals surface area contributed by atoms with E-state index in [9.17, 15) is 14.7 Å². The number of fused-ring (bicyclic) bond motifs is 1. The Labute approximate surface area is 174 Å². The first-order valence-corrected chi connectivity index (χ1v) is 10.0. The molecule has 2 heterocycles. The lowest BCUT2D eigenvalue weighted by molar-refractivity contribution is -0.273. The number of nitrogens with one attached hydrogen (secondary N) is 1. The van der Waals surface area contributed by atoms with Gasteiger partial charge in [-0.25, -0.2) is 9.59 Å². The van der Waals surface area contributed by atoms with Crippen molar-refractivity contribution in [2.24, 2.45) is 0 Å². The molecule has 0 aliphatic carbocycles. The van der Waals surface area contributed by atoms with E-state index in [4.69, 9.17) is 19.3 Å². The van der Waals surface area contributed by atoms with E-state index in [1.54, 1.807) is 19.2 Å². The molecule has 0 amide bonds. The normalized spacial score (nSPS) is 25.4. The molecule has 2 aromatic rings. The van der Waals surface area contributed by atoms with Crippen molar-refractivity contribution < 1.29 is 34.0 Å². The molecule has 3 rings (SSSR count). The van der Waals surface area contributed by atoms with Gasteiger partial charge in [-0.3, -0.25) is 0 Å². The van der Waals surface area contributed by atoms with Crippen molar-refractivity contribution >= 4 is 22.8 Å². The minimum Gasteiger partial charge on any atom is -0.478 e. The highest BCUT2D eigenvalue weighted by Gasteiger charge is 2.38. The van der Waals surface area contributed by atoms with Gasteiger partial charge in [0.1, 0.15) is 12.2 Å². The Kier molecular flexibility index (Phi) is 7.25. The van der Waals surface area contributed by atoms with E-state index in [1.165, 1.54) is 0 Å². The number of aromatic amines is 1. The lowest BCUT2D eigenvalue weighted by Crippen LogP contribution is -2.49. The number of ether oxygens (including phenoxy) is 3. The van der Waals surface area contributed by atoms with Gasteiger partial charge in [0.2, 0.25) is 0 Å². The lowest BCUT2D eigenvalue weighted by Gasteiger charge is -2.38. The number of H-pyrrole nitrogens is 1. The van der Waals surface area contributed by atoms with Gasteiger partial charge in [0.15, 0.2) is 6.29 Å². The molecule has 1 aliphatic rings. The van der Waals surface area contributed by atoms with Crippen LogP contribution in [-0.4, -0.2) is 57.8 Å². The summed E-state index contributed by atoms with van der Waals surface area (Å²) in [6.07, 6.45) is 2.52. The molecule has 8 nitrogen and oxygen atoms in total. The second-order valence-corrected chi connectivity index (χ2v) is 7.47. The molecule has 3 N–H and O–H groups in total. The number of benzene rings is 1. The summed E-state index contributed by atoms with van der Waals surface area (Å²) >= 11 is 0. The molecule has 0 spiro atoms. The van der Waals surface area contributed by atoms with Crippen LogP contribution >= 0.6 is 0 Å². The minimum absolute atomic E-state index is 0.200. The molecule has 1 aromatic heterocycles. The molecule has 30 heavy (non-hydrogen) atoms. The van der Waals surface area contributed by atoms with E-state index in [-0.39, 0.29) is 12.5 Å². The Balaban J connectivity index is 1.53. The van der Waals surface area contributed by atoms with Gasteiger partial charge < -0.3 is 29.4 Å². The Morgan fingerprint density at radius 3 is 2.90 bits per heavy atom. The van der Waals surface area contributed by atoms with Crippen LogP contribution < -0.4 is 0 Å². The molecule has 8 heteroatoms. The maximum atomic E-state index is 12.6. The molecule has 162 valence electrons. The van der Waals surface area contributed by atoms with Gasteiger partial charge >= 0.3 is 11.9 Å². The molecule has 1 aliphatic heterocycles. The Bertz CT molecular complexity index is 906. The van der Waals surface area contributed by atoms with Gasteiger partial charge in [-0.2, -0.15) is 0 Å². The fourth-order valence-corrected chi connectivity index (χ4v) is 3.45. The summed E-state index contributed by atoms with van der Waals surface area (Å²) in [5, 5.41) is 19.8. The summed E-state index contributed by atoms with van der Waals surface area (Å²) in [6, 6.07) is 7.45. The second-order valence-electron chi connectivity index (χ2n) is 7.47. The summed E-state index contributed by atoms with van der Waals surface area (Å²) in [5.74, 6) is -1.46. The van der Waals surface area contributed by atoms with E-state index in [0.717, 1.165) is 17.0 Å². The van der Waals surface area contributed by atoms with Gasteiger partial charge in [0, 0.05) is 29.6 Å². The average Bonchev–Trinajstić information content (AvgIpc) is 3.13. The Morgan fingerprint density at radius 2 is 2.13 bits per heavy atom. The number of aliphatic hydroxyl groups excluding tert-OH is 1. The molecule has 1 aromatic carbocycles. The van der Waals surface area contributed by atoms with Crippen LogP contribution in [0.15, 0.2) is 42.6 Å². The third kappa shape index (κ3) is 5.47. The van der Waals surface area contributed by atoms with Crippen LogP contribution in [0.2, 0.25) is 0 Å². The number of hydrogen-bond acceptors (Lipinski definition) is 6. The lowest BCUT2D eigenvalue weighted by atomic mass is 10.0. The number of para-hydroxylation sites is 1. The molecule has 0 bridgehead atoms. The number of aliphatic carboxylic acids is 1. The monoisotopic (exact) mass is 417 g/mol. The van der Waals surface area contributed by atoms with Crippen molar-refractivity contribution in [1.29, 1.82) is 0 Å². The molecule has 1 unspecified atom stereocenters. The highest BCUT2D eigenvalue weighted by atomic mass is 16.7. The summed E-state index contributed by atoms with van der Waals surface area (Å²) in [4.78, 5) is 26.2. The third-order valence-corrected chi connectivity index (χ3v) is 5.09. The number of esters is 1. The number of allylic oxidation sites excluding steroid dienone is 1. The first-order valence-electron chi connectivity index (χ1n) is 10.0. The van der Waals surface area contributed by atoms with Gasteiger partial charge in [-0.1, -0.05) is 24.3 Å². The van der Waals surface area contributed by atoms with Crippen molar-refractivity contribution in [3.63, 3.8) is 0 Å². The van der Waals surface area contributed by atoms with Crippen molar-refractivity contribution in [3.05, 3.63) is 48.2 Å². The molecule has 1 fully saturated rings. The zero-order valence-electron chi connectivity index (χ0n) is 17.0. The first kappa shape index (κ1) is 22.0. The van der Waals surface area contributed by atoms with E-state index in [1.807, 2.05) is 31.2 Å². The van der Waals surface area contributed by atoms with E-state index < -0.39 is 36.5 Å². The SMILES string of the molecule is CC1O[C@@H](O[C@H](C)CC/C=C/C(=O)O)[C@@H](O)C[C@H]1OC(=O)c1c[nH]c2ccccc12. The van der Waals surface area contributed by atoms with Gasteiger partial charge in [0.05, 0.1) is 17.8 Å². The Morgan fingerprint density at radius 1 is 1.37 bits per heavy atom. The largest absolute Gasteiger partial charge is 0.478 e. The van der Waals surface area contributed by atoms with Crippen LogP contribution in [0.3, 0.4) is 0 Å². The number of carbonyl (C=O) groups excluding carboxylic acids is 1. The smallest absolute Gasteiger partial charge is 0.340 e. The van der Waals surface area contributed by atoms with Crippen LogP contribution in [-0.2, 0) is 19.0 Å². The molecule has 1 saturated heterocycles. The quantitative estimate of drug-likeness (QED) is 0.446. The minimum atomic E-state index is -0.989. The standard InChI is InChI=1S/C22H27NO7/c1-13(7-3-6-10-20(25)26)28-22-18(24)11-19(14(2)29-22)30-21(27)16-12-23-17-9-5-4-8-15(16)17/h4-6,8-10,12-14,18-19,22-24H,3,7,11H2,1-2H3,(H,25,26)/b10-6+/t13-,14?,18+,19-,22-/m1/s1. The first-order chi connectivity index (χ1) is 14.3. The fourth-order valence-electron chi connectivity index (χ4n) is 3.45. The van der Waals surface area contributed by atoms with Crippen molar-refractivity contribution in [2.75, 3.05) is 0 Å². The van der Waals surface area contributed by atoms with E-state index >= 15 is 0 Å². The Hall–Kier alpha value is -2.68. The summed E-state index contributed by atoms with van der Waals surface area (Å²) in [7, 11) is 0. The van der Waals surface area contributed by atoms with Gasteiger partial charge in [-0.15, -0.1) is 0 Å². The summed E-state index contributed by atoms with van der Waals surface area (Å²) in [5.41, 5.74) is 1.28. The maximum absolute atomic E-state index is 12.6. The second kappa shape index (κ2) is 9.88. The van der Waals surface area contributed by atoms with Crippen LogP contribution in [0.5, 0.6) is 0 Å².